The fourth-order valence-corrected chi connectivity index (χ4v) is 0.736. The number of aliphatic hydroxyl groups excluding tert-OH is 1. The predicted octanol–water partition coefficient (Wildman–Crippen LogP) is 0.588. The molecule has 0 radical (unpaired) electrons. The number of pyridine rings is 1. The van der Waals surface area contributed by atoms with Gasteiger partial charge in [-0.1, -0.05) is 0 Å². The average molecular weight is 139 g/mol. The Balaban J connectivity index is 3.09. The van der Waals surface area contributed by atoms with Gasteiger partial charge in [0.25, 0.3) is 0 Å². The van der Waals surface area contributed by atoms with Gasteiger partial charge < -0.3 is 10.2 Å². The van der Waals surface area contributed by atoms with Crippen LogP contribution in [-0.4, -0.2) is 15.2 Å². The van der Waals surface area contributed by atoms with Gasteiger partial charge in [-0.3, -0.25) is 4.98 Å². The smallest absolute Gasteiger partial charge is 0.139 e. The zero-order chi connectivity index (χ0) is 7.56. The summed E-state index contributed by atoms with van der Waals surface area (Å²) in [6.45, 7) is 1.66. The molecule has 0 unspecified atom stereocenters. The number of hydrogen-bond acceptors (Lipinski definition) is 3. The van der Waals surface area contributed by atoms with E-state index in [2.05, 4.69) is 4.98 Å². The lowest BCUT2D eigenvalue weighted by Gasteiger charge is -1.99. The van der Waals surface area contributed by atoms with Crippen molar-refractivity contribution in [1.29, 1.82) is 0 Å². The van der Waals surface area contributed by atoms with Gasteiger partial charge in [-0.2, -0.15) is 0 Å². The van der Waals surface area contributed by atoms with Crippen LogP contribution < -0.4 is 0 Å². The molecule has 0 amide bonds. The van der Waals surface area contributed by atoms with E-state index in [0.29, 0.717) is 5.56 Å². The van der Waals surface area contributed by atoms with E-state index in [1.807, 2.05) is 0 Å². The number of hydrogen-bond donors (Lipinski definition) is 2. The van der Waals surface area contributed by atoms with Gasteiger partial charge >= 0.3 is 0 Å². The normalized spacial score (nSPS) is 9.80. The highest BCUT2D eigenvalue weighted by atomic mass is 16.3. The summed E-state index contributed by atoms with van der Waals surface area (Å²) < 4.78 is 0. The van der Waals surface area contributed by atoms with Gasteiger partial charge in [0.1, 0.15) is 5.75 Å². The van der Waals surface area contributed by atoms with Crippen LogP contribution in [0.4, 0.5) is 0 Å². The maximum absolute atomic E-state index is 9.01. The minimum atomic E-state index is -0.144. The van der Waals surface area contributed by atoms with Crippen molar-refractivity contribution in [2.75, 3.05) is 0 Å². The van der Waals surface area contributed by atoms with Crippen molar-refractivity contribution in [3.05, 3.63) is 23.5 Å². The molecule has 10 heavy (non-hydrogen) atoms. The van der Waals surface area contributed by atoms with E-state index in [-0.39, 0.29) is 12.4 Å². The first kappa shape index (κ1) is 7.02. The first-order chi connectivity index (χ1) is 4.74. The second kappa shape index (κ2) is 2.66. The SMILES string of the molecule is Cc1cc(CO)c(O)cn1. The molecule has 0 aliphatic rings. The predicted molar refractivity (Wildman–Crippen MR) is 36.6 cm³/mol. The highest BCUT2D eigenvalue weighted by Gasteiger charge is 1.98. The lowest BCUT2D eigenvalue weighted by atomic mass is 10.2. The van der Waals surface area contributed by atoms with Crippen molar-refractivity contribution in [2.24, 2.45) is 0 Å². The molecular formula is C7H9NO2. The second-order valence-electron chi connectivity index (χ2n) is 2.11. The van der Waals surface area contributed by atoms with Crippen molar-refractivity contribution in [3.8, 4) is 5.75 Å². The zero-order valence-corrected chi connectivity index (χ0v) is 5.70. The maximum Gasteiger partial charge on any atom is 0.139 e. The molecule has 3 heteroatoms. The van der Waals surface area contributed by atoms with Gasteiger partial charge in [0.15, 0.2) is 0 Å². The minimum Gasteiger partial charge on any atom is -0.506 e. The van der Waals surface area contributed by atoms with Crippen molar-refractivity contribution in [2.45, 2.75) is 13.5 Å². The maximum atomic E-state index is 9.01. The lowest BCUT2D eigenvalue weighted by Crippen LogP contribution is -1.87. The highest BCUT2D eigenvalue weighted by molar-refractivity contribution is 5.29. The molecule has 1 aromatic heterocycles. The first-order valence-electron chi connectivity index (χ1n) is 2.99. The summed E-state index contributed by atoms with van der Waals surface area (Å²) in [5, 5.41) is 17.7. The van der Waals surface area contributed by atoms with E-state index in [9.17, 15) is 0 Å². The Morgan fingerprint density at radius 3 is 2.80 bits per heavy atom. The summed E-state index contributed by atoms with van der Waals surface area (Å²) in [4.78, 5) is 3.83. The molecule has 0 aliphatic carbocycles. The summed E-state index contributed by atoms with van der Waals surface area (Å²) in [7, 11) is 0. The number of aryl methyl sites for hydroxylation is 1. The Labute approximate surface area is 59.0 Å². The average Bonchev–Trinajstić information content (AvgIpc) is 1.94. The number of aliphatic hydroxyl groups is 1. The first-order valence-corrected chi connectivity index (χ1v) is 2.99. The van der Waals surface area contributed by atoms with Gasteiger partial charge in [0, 0.05) is 11.3 Å². The van der Waals surface area contributed by atoms with E-state index in [4.69, 9.17) is 10.2 Å². The molecule has 0 saturated heterocycles. The molecule has 54 valence electrons. The van der Waals surface area contributed by atoms with Crippen LogP contribution in [0.5, 0.6) is 5.75 Å². The number of nitrogens with zero attached hydrogens (tertiary/aromatic N) is 1. The van der Waals surface area contributed by atoms with Crippen LogP contribution in [0.15, 0.2) is 12.3 Å². The van der Waals surface area contributed by atoms with Crippen LogP contribution in [0, 0.1) is 6.92 Å². The summed E-state index contributed by atoms with van der Waals surface area (Å²) in [5.41, 5.74) is 1.31. The van der Waals surface area contributed by atoms with Gasteiger partial charge in [-0.05, 0) is 13.0 Å². The molecule has 0 bridgehead atoms. The van der Waals surface area contributed by atoms with Crippen LogP contribution >= 0.6 is 0 Å². The zero-order valence-electron chi connectivity index (χ0n) is 5.70. The molecule has 0 atom stereocenters. The monoisotopic (exact) mass is 139 g/mol. The molecule has 0 saturated carbocycles. The van der Waals surface area contributed by atoms with Crippen molar-refractivity contribution >= 4 is 0 Å². The molecule has 1 heterocycles. The third-order valence-electron chi connectivity index (χ3n) is 1.27. The van der Waals surface area contributed by atoms with Gasteiger partial charge in [-0.25, -0.2) is 0 Å². The topological polar surface area (TPSA) is 53.4 Å². The van der Waals surface area contributed by atoms with Crippen LogP contribution in [0.2, 0.25) is 0 Å². The number of aromatic hydroxyl groups is 1. The molecule has 2 N–H and O–H groups in total. The largest absolute Gasteiger partial charge is 0.506 e. The van der Waals surface area contributed by atoms with Crippen LogP contribution in [0.3, 0.4) is 0 Å². The molecule has 1 rings (SSSR count). The lowest BCUT2D eigenvalue weighted by molar-refractivity contribution is 0.275. The Hall–Kier alpha value is -1.09. The highest BCUT2D eigenvalue weighted by Crippen LogP contribution is 2.14. The fraction of sp³-hybridized carbons (Fsp3) is 0.286. The summed E-state index contributed by atoms with van der Waals surface area (Å²) >= 11 is 0. The molecule has 1 aromatic rings. The third-order valence-corrected chi connectivity index (χ3v) is 1.27. The van der Waals surface area contributed by atoms with Gasteiger partial charge in [-0.15, -0.1) is 0 Å². The van der Waals surface area contributed by atoms with Crippen molar-refractivity contribution in [3.63, 3.8) is 0 Å². The van der Waals surface area contributed by atoms with E-state index < -0.39 is 0 Å². The van der Waals surface area contributed by atoms with Crippen LogP contribution in [-0.2, 0) is 6.61 Å². The quantitative estimate of drug-likeness (QED) is 0.598. The van der Waals surface area contributed by atoms with E-state index in [0.717, 1.165) is 5.69 Å². The fourth-order valence-electron chi connectivity index (χ4n) is 0.736. The summed E-state index contributed by atoms with van der Waals surface area (Å²) in [5.74, 6) is 0.0492. The van der Waals surface area contributed by atoms with Gasteiger partial charge in [0.05, 0.1) is 12.8 Å². The van der Waals surface area contributed by atoms with Crippen molar-refractivity contribution in [1.82, 2.24) is 4.98 Å². The molecule has 0 fully saturated rings. The van der Waals surface area contributed by atoms with E-state index >= 15 is 0 Å². The Morgan fingerprint density at radius 1 is 1.60 bits per heavy atom. The second-order valence-corrected chi connectivity index (χ2v) is 2.11. The molecule has 0 aromatic carbocycles. The number of rotatable bonds is 1. The van der Waals surface area contributed by atoms with E-state index in [1.54, 1.807) is 13.0 Å². The van der Waals surface area contributed by atoms with Crippen LogP contribution in [0.1, 0.15) is 11.3 Å². The third kappa shape index (κ3) is 1.25. The Bertz CT molecular complexity index is 235. The molecule has 0 aliphatic heterocycles. The summed E-state index contributed by atoms with van der Waals surface area (Å²) in [6.07, 6.45) is 1.33. The van der Waals surface area contributed by atoms with Crippen LogP contribution in [0.25, 0.3) is 0 Å². The Kier molecular flexibility index (Phi) is 1.87. The summed E-state index contributed by atoms with van der Waals surface area (Å²) in [6, 6.07) is 1.65. The molecule has 3 nitrogen and oxygen atoms in total. The van der Waals surface area contributed by atoms with Crippen molar-refractivity contribution < 1.29 is 10.2 Å². The standard InChI is InChI=1S/C7H9NO2/c1-5-2-6(4-9)7(10)3-8-5/h2-3,9-10H,4H2,1H3. The molecule has 0 spiro atoms. The van der Waals surface area contributed by atoms with Gasteiger partial charge in [0.2, 0.25) is 0 Å². The minimum absolute atomic E-state index is 0.0492. The Morgan fingerprint density at radius 2 is 2.30 bits per heavy atom. The number of aromatic nitrogens is 1. The van der Waals surface area contributed by atoms with E-state index in [1.165, 1.54) is 6.20 Å². The molecular weight excluding hydrogens is 130 g/mol.